The zero-order chi connectivity index (χ0) is 78.7. The van der Waals surface area contributed by atoms with Crippen LogP contribution >= 0.6 is 0 Å². The number of amides is 13. The molecule has 2 aliphatic rings. The lowest BCUT2D eigenvalue weighted by Crippen LogP contribution is -2.61. The van der Waals surface area contributed by atoms with Crippen molar-refractivity contribution in [3.63, 3.8) is 0 Å². The molecule has 0 spiro atoms. The second-order valence-electron chi connectivity index (χ2n) is 28.7. The number of nitrogens with one attached hydrogen (secondary N) is 10. The maximum Gasteiger partial charge on any atom is 0.245 e. The zero-order valence-electron chi connectivity index (χ0n) is 61.9. The Morgan fingerprint density at radius 1 is 0.468 bits per heavy atom. The normalized spacial score (nSPS) is 16.6. The highest BCUT2D eigenvalue weighted by Crippen LogP contribution is 2.26. The third kappa shape index (κ3) is 26.2. The molecule has 594 valence electrons. The van der Waals surface area contributed by atoms with E-state index >= 15 is 14.4 Å². The molecule has 7 rings (SSSR count). The number of unbranched alkanes of at least 4 members (excludes halogenated alkanes) is 1. The molecule has 3 aromatic carbocycles. The summed E-state index contributed by atoms with van der Waals surface area (Å²) in [5.41, 5.74) is 43.1. The van der Waals surface area contributed by atoms with Crippen LogP contribution in [0.4, 0.5) is 0 Å². The van der Waals surface area contributed by atoms with E-state index in [1.165, 1.54) is 9.80 Å². The number of aromatic nitrogens is 2. The Morgan fingerprint density at radius 3 is 1.36 bits per heavy atom. The molecular weight excluding hydrogens is 1400 g/mol. The number of nitrogens with zero attached hydrogens (tertiary/aromatic N) is 3. The summed E-state index contributed by atoms with van der Waals surface area (Å²) >= 11 is 0. The SMILES string of the molecule is C.CC(C)C[C@H](NC(=O)[C@H](CC(C)C)NC(=O)[C@@H](Cc1c[nH]c2ccccc12)NC(=O)[C@H](Cc1ccccc1)NC(=O)[C@@H](Cc1c[nH]c2ccccc12)NC(=O)[C@H](CCC(N)=O)NC(=O)[C@H](CCC(N)=O)NC(=O)[C@@H]1CCCN1C(=O)[C@H](CCCCN)NC(=O)[C@@H]1CCCN1C(=O)[C@H](N)CCCN=C(N)N)C(N)=O. The summed E-state index contributed by atoms with van der Waals surface area (Å²) in [5.74, 6) is -10.6. The summed E-state index contributed by atoms with van der Waals surface area (Å²) < 4.78 is 0. The van der Waals surface area contributed by atoms with Crippen LogP contribution in [0.15, 0.2) is 96.2 Å². The first kappa shape index (κ1) is 87.0. The summed E-state index contributed by atoms with van der Waals surface area (Å²) in [6.07, 6.45) is 4.13. The van der Waals surface area contributed by atoms with Crippen LogP contribution in [0.1, 0.15) is 148 Å². The number of H-pyrrole nitrogens is 2. The molecule has 109 heavy (non-hydrogen) atoms. The van der Waals surface area contributed by atoms with Crippen LogP contribution in [0, 0.1) is 11.8 Å². The fraction of sp³-hybridized carbons (Fsp3) is 0.526. The third-order valence-corrected chi connectivity index (χ3v) is 19.2. The van der Waals surface area contributed by atoms with Gasteiger partial charge in [-0.1, -0.05) is 102 Å². The Morgan fingerprint density at radius 2 is 0.881 bits per heavy atom. The Kier molecular flexibility index (Phi) is 33.9. The van der Waals surface area contributed by atoms with E-state index < -0.39 is 169 Å². The minimum absolute atomic E-state index is 0. The van der Waals surface area contributed by atoms with Crippen molar-refractivity contribution in [1.82, 2.24) is 62.3 Å². The lowest BCUT2D eigenvalue weighted by Gasteiger charge is -2.32. The van der Waals surface area contributed by atoms with Crippen LogP contribution in [-0.2, 0) is 81.6 Å². The van der Waals surface area contributed by atoms with Crippen molar-refractivity contribution < 1.29 is 62.3 Å². The van der Waals surface area contributed by atoms with Gasteiger partial charge in [0.1, 0.15) is 60.4 Å². The van der Waals surface area contributed by atoms with E-state index in [1.807, 2.05) is 45.9 Å². The number of para-hydroxylation sites is 2. The maximum atomic E-state index is 15.4. The van der Waals surface area contributed by atoms with Crippen molar-refractivity contribution in [2.24, 2.45) is 57.0 Å². The molecule has 2 fully saturated rings. The molecular formula is C76H112N20O13. The Balaban J connectivity index is 0.0000186. The molecule has 4 heterocycles. The van der Waals surface area contributed by atoms with Gasteiger partial charge in [-0.2, -0.15) is 0 Å². The molecule has 13 amide bonds. The Labute approximate surface area is 634 Å². The van der Waals surface area contributed by atoms with Crippen LogP contribution in [0.3, 0.4) is 0 Å². The van der Waals surface area contributed by atoms with E-state index in [-0.39, 0.29) is 103 Å². The molecule has 33 nitrogen and oxygen atoms in total. The fourth-order valence-corrected chi connectivity index (χ4v) is 13.6. The van der Waals surface area contributed by atoms with E-state index in [0.717, 1.165) is 10.9 Å². The van der Waals surface area contributed by atoms with E-state index in [1.54, 1.807) is 73.1 Å². The lowest BCUT2D eigenvalue weighted by atomic mass is 9.98. The van der Waals surface area contributed by atoms with Crippen LogP contribution in [-0.4, -0.2) is 195 Å². The lowest BCUT2D eigenvalue weighted by molar-refractivity contribution is -0.144. The Bertz CT molecular complexity index is 3990. The number of primary amides is 3. The first-order valence-electron chi connectivity index (χ1n) is 37.1. The monoisotopic (exact) mass is 1510 g/mol. The maximum absolute atomic E-state index is 15.4. The van der Waals surface area contributed by atoms with E-state index in [9.17, 15) is 47.9 Å². The molecule has 5 aromatic rings. The number of likely N-dealkylation sites (tertiary alicyclic amines) is 2. The molecule has 2 aliphatic heterocycles. The van der Waals surface area contributed by atoms with Gasteiger partial charge in [0.25, 0.3) is 0 Å². The highest BCUT2D eigenvalue weighted by molar-refractivity contribution is 6.00. The smallest absolute Gasteiger partial charge is 0.245 e. The second kappa shape index (κ2) is 42.5. The van der Waals surface area contributed by atoms with Crippen molar-refractivity contribution in [2.75, 3.05) is 26.2 Å². The highest BCUT2D eigenvalue weighted by atomic mass is 16.2. The van der Waals surface area contributed by atoms with Crippen molar-refractivity contribution in [3.8, 4) is 0 Å². The highest BCUT2D eigenvalue weighted by Gasteiger charge is 2.43. The molecule has 0 bridgehead atoms. The number of hydrogen-bond acceptors (Lipinski definition) is 16. The van der Waals surface area contributed by atoms with Gasteiger partial charge in [-0.25, -0.2) is 0 Å². The molecule has 2 saturated heterocycles. The van der Waals surface area contributed by atoms with Gasteiger partial charge in [0.15, 0.2) is 5.96 Å². The number of carbonyl (C=O) groups is 13. The standard InChI is InChI=1S/C75H108N20O13.CH4/c1-42(2)35-55(64(80)98)89-67(101)56(36-43(3)4)90-69(103)59(39-46-41-85-51-23-11-9-20-48(46)51)93-68(102)57(37-44-17-6-5-7-18-44)91-70(104)58(38-45-40-84-50-22-10-8-19-47(45)50)92-66(100)52(27-29-62(78)96)86-65(99)53(28-30-63(79)97)87-71(105)61-26-16-34-95(61)74(108)54(24-12-13-31-76)88-72(106)60-25-15-33-94(60)73(107)49(77)21-14-32-83-75(81)82;/h5-11,17-20,22-23,40-43,49,52-61,84-85H,12-16,21,24-39,76-77H2,1-4H3,(H2,78,96)(H2,79,97)(H2,80,98)(H,86,99)(H,87,105)(H,88,106)(H,89,101)(H,90,103)(H,91,104)(H,92,100)(H,93,102)(H4,81,82,83);1H4/t49-,52+,53+,54+,55+,56+,57+,58-,59-,60+,61+;/m1./s1. The van der Waals surface area contributed by atoms with Gasteiger partial charge in [-0.05, 0) is 131 Å². The number of aliphatic imine (C=N–C) groups is 1. The minimum Gasteiger partial charge on any atom is -0.370 e. The number of benzene rings is 3. The van der Waals surface area contributed by atoms with Gasteiger partial charge < -0.3 is 102 Å². The zero-order valence-corrected chi connectivity index (χ0v) is 61.9. The predicted molar refractivity (Wildman–Crippen MR) is 412 cm³/mol. The molecule has 2 aromatic heterocycles. The first-order chi connectivity index (χ1) is 51.5. The fourth-order valence-electron chi connectivity index (χ4n) is 13.6. The van der Waals surface area contributed by atoms with Crippen LogP contribution in [0.5, 0.6) is 0 Å². The van der Waals surface area contributed by atoms with Gasteiger partial charge >= 0.3 is 0 Å². The molecule has 11 atom stereocenters. The molecule has 0 unspecified atom stereocenters. The van der Waals surface area contributed by atoms with Gasteiger partial charge in [0.05, 0.1) is 6.04 Å². The van der Waals surface area contributed by atoms with E-state index in [4.69, 9.17) is 40.1 Å². The van der Waals surface area contributed by atoms with Crippen LogP contribution in [0.25, 0.3) is 21.8 Å². The van der Waals surface area contributed by atoms with Crippen LogP contribution in [0.2, 0.25) is 0 Å². The topological polar surface area (TPSA) is 551 Å². The Hall–Kier alpha value is -11.0. The van der Waals surface area contributed by atoms with Gasteiger partial charge in [0.2, 0.25) is 76.8 Å². The summed E-state index contributed by atoms with van der Waals surface area (Å²) in [4.78, 5) is 197. The molecule has 33 heteroatoms. The van der Waals surface area contributed by atoms with Crippen LogP contribution < -0.4 is 82.7 Å². The quantitative estimate of drug-likeness (QED) is 0.0136. The number of guanidine groups is 1. The summed E-state index contributed by atoms with van der Waals surface area (Å²) in [6.45, 7) is 8.24. The first-order valence-corrected chi connectivity index (χ1v) is 37.1. The van der Waals surface area contributed by atoms with Crippen molar-refractivity contribution in [2.45, 2.75) is 217 Å². The number of nitrogens with two attached hydrogens (primary N) is 7. The molecule has 0 aliphatic carbocycles. The summed E-state index contributed by atoms with van der Waals surface area (Å²) in [7, 11) is 0. The van der Waals surface area contributed by atoms with Crippen molar-refractivity contribution >= 4 is 105 Å². The average molecular weight is 1510 g/mol. The van der Waals surface area contributed by atoms with Gasteiger partial charge in [0, 0.05) is 85.9 Å². The second-order valence-corrected chi connectivity index (χ2v) is 28.7. The third-order valence-electron chi connectivity index (χ3n) is 19.2. The number of rotatable bonds is 43. The summed E-state index contributed by atoms with van der Waals surface area (Å²) in [5, 5.41) is 23.5. The van der Waals surface area contributed by atoms with Crippen molar-refractivity contribution in [3.05, 3.63) is 108 Å². The van der Waals surface area contributed by atoms with Crippen molar-refractivity contribution in [1.29, 1.82) is 0 Å². The minimum atomic E-state index is -1.69. The number of aromatic amines is 2. The largest absolute Gasteiger partial charge is 0.370 e. The average Bonchev–Trinajstić information content (AvgIpc) is 1.74. The molecule has 24 N–H and O–H groups in total. The van der Waals surface area contributed by atoms with Gasteiger partial charge in [-0.15, -0.1) is 0 Å². The number of carbonyl (C=O) groups excluding carboxylic acids is 13. The molecule has 0 saturated carbocycles. The summed E-state index contributed by atoms with van der Waals surface area (Å²) in [6, 6.07) is 8.67. The number of hydrogen-bond donors (Lipinski definition) is 17. The number of fused-ring (bicyclic) bond motifs is 2. The molecule has 0 radical (unpaired) electrons. The predicted octanol–water partition coefficient (Wildman–Crippen LogP) is -0.208. The van der Waals surface area contributed by atoms with E-state index in [2.05, 4.69) is 57.5 Å². The van der Waals surface area contributed by atoms with Gasteiger partial charge in [-0.3, -0.25) is 67.3 Å². The van der Waals surface area contributed by atoms with E-state index in [0.29, 0.717) is 66.1 Å².